The molecular formula is C25H20F2N4O. The maximum absolute atomic E-state index is 14.5. The summed E-state index contributed by atoms with van der Waals surface area (Å²) in [6.45, 7) is 0. The minimum Gasteiger partial charge on any atom is -0.345 e. The number of aromatic nitrogens is 3. The van der Waals surface area contributed by atoms with Crippen molar-refractivity contribution in [1.29, 1.82) is 0 Å². The zero-order valence-corrected chi connectivity index (χ0v) is 17.0. The van der Waals surface area contributed by atoms with Gasteiger partial charge in [0.25, 0.3) is 0 Å². The Morgan fingerprint density at radius 2 is 1.88 bits per heavy atom. The summed E-state index contributed by atoms with van der Waals surface area (Å²) in [7, 11) is 0. The van der Waals surface area contributed by atoms with Crippen molar-refractivity contribution in [2.45, 2.75) is 12.5 Å². The van der Waals surface area contributed by atoms with Crippen LogP contribution in [0.15, 0.2) is 85.2 Å². The topological polar surface area (TPSA) is 70.7 Å². The Balaban J connectivity index is 1.55. The molecular weight excluding hydrogens is 410 g/mol. The van der Waals surface area contributed by atoms with Crippen LogP contribution in [0.5, 0.6) is 0 Å². The third kappa shape index (κ3) is 5.13. The van der Waals surface area contributed by atoms with Gasteiger partial charge in [-0.3, -0.25) is 14.9 Å². The minimum absolute atomic E-state index is 0.0608. The number of aromatic amines is 1. The molecule has 0 saturated carbocycles. The van der Waals surface area contributed by atoms with E-state index in [4.69, 9.17) is 0 Å². The lowest BCUT2D eigenvalue weighted by Gasteiger charge is -2.19. The normalized spacial score (nSPS) is 12.1. The van der Waals surface area contributed by atoms with Gasteiger partial charge >= 0.3 is 0 Å². The number of carbonyl (C=O) groups is 1. The van der Waals surface area contributed by atoms with Crippen LogP contribution in [0.2, 0.25) is 0 Å². The lowest BCUT2D eigenvalue weighted by molar-refractivity contribution is -0.117. The Kier molecular flexibility index (Phi) is 6.46. The number of rotatable bonds is 7. The molecule has 0 aliphatic carbocycles. The number of nitrogens with zero attached hydrogens (tertiary/aromatic N) is 2. The molecule has 5 nitrogen and oxygen atoms in total. The summed E-state index contributed by atoms with van der Waals surface area (Å²) in [6.07, 6.45) is 6.41. The van der Waals surface area contributed by atoms with Gasteiger partial charge in [-0.25, -0.2) is 8.78 Å². The molecule has 1 atom stereocenters. The Morgan fingerprint density at radius 3 is 2.66 bits per heavy atom. The summed E-state index contributed by atoms with van der Waals surface area (Å²) in [5.41, 5.74) is 3.14. The summed E-state index contributed by atoms with van der Waals surface area (Å²) in [4.78, 5) is 16.9. The number of amides is 1. The number of benzene rings is 2. The van der Waals surface area contributed by atoms with Crippen LogP contribution in [0.4, 0.5) is 8.78 Å². The highest BCUT2D eigenvalue weighted by Crippen LogP contribution is 2.23. The van der Waals surface area contributed by atoms with Crippen LogP contribution >= 0.6 is 0 Å². The van der Waals surface area contributed by atoms with E-state index < -0.39 is 23.6 Å². The second kappa shape index (κ2) is 9.78. The van der Waals surface area contributed by atoms with Gasteiger partial charge in [-0.05, 0) is 36.4 Å². The standard InChI is InChI=1S/C25H20F2N4O/c26-19-10-11-22(27)21(14-19)23(15-20-8-4-5-13-28-20)30-24(32)12-9-18-16-29-31-25(18)17-6-2-1-3-7-17/h1-14,16,23H,15H2,(H,29,31)(H,30,32)/b12-9+. The zero-order valence-electron chi connectivity index (χ0n) is 17.0. The quantitative estimate of drug-likeness (QED) is 0.411. The molecule has 7 heteroatoms. The zero-order chi connectivity index (χ0) is 22.3. The average Bonchev–Trinajstić information content (AvgIpc) is 3.29. The van der Waals surface area contributed by atoms with E-state index in [1.807, 2.05) is 30.3 Å². The van der Waals surface area contributed by atoms with Crippen molar-refractivity contribution < 1.29 is 13.6 Å². The molecule has 0 radical (unpaired) electrons. The second-order valence-electron chi connectivity index (χ2n) is 7.15. The molecule has 4 rings (SSSR count). The summed E-state index contributed by atoms with van der Waals surface area (Å²) in [6, 6.07) is 17.3. The van der Waals surface area contributed by atoms with Gasteiger partial charge in [-0.1, -0.05) is 36.4 Å². The number of halogens is 2. The number of hydrogen-bond donors (Lipinski definition) is 2. The van der Waals surface area contributed by atoms with E-state index in [1.54, 1.807) is 36.7 Å². The van der Waals surface area contributed by atoms with Crippen LogP contribution in [0.25, 0.3) is 17.3 Å². The van der Waals surface area contributed by atoms with E-state index in [2.05, 4.69) is 20.5 Å². The molecule has 2 N–H and O–H groups in total. The highest BCUT2D eigenvalue weighted by molar-refractivity contribution is 5.93. The SMILES string of the molecule is O=C(/C=C/c1cn[nH]c1-c1ccccc1)NC(Cc1ccccn1)c1cc(F)ccc1F. The summed E-state index contributed by atoms with van der Waals surface area (Å²) < 4.78 is 28.3. The number of hydrogen-bond acceptors (Lipinski definition) is 3. The molecule has 2 heterocycles. The average molecular weight is 430 g/mol. The molecule has 2 aromatic carbocycles. The first-order chi connectivity index (χ1) is 15.6. The fraction of sp³-hybridized carbons (Fsp3) is 0.0800. The van der Waals surface area contributed by atoms with Crippen LogP contribution in [0, 0.1) is 11.6 Å². The molecule has 1 amide bonds. The molecule has 160 valence electrons. The monoisotopic (exact) mass is 430 g/mol. The van der Waals surface area contributed by atoms with Crippen molar-refractivity contribution in [3.8, 4) is 11.3 Å². The minimum atomic E-state index is -0.796. The van der Waals surface area contributed by atoms with Crippen LogP contribution in [-0.2, 0) is 11.2 Å². The van der Waals surface area contributed by atoms with Crippen LogP contribution in [0.3, 0.4) is 0 Å². The predicted molar refractivity (Wildman–Crippen MR) is 118 cm³/mol. The molecule has 0 fully saturated rings. The Morgan fingerprint density at radius 1 is 1.06 bits per heavy atom. The number of carbonyl (C=O) groups excluding carboxylic acids is 1. The van der Waals surface area contributed by atoms with Gasteiger partial charge in [-0.15, -0.1) is 0 Å². The smallest absolute Gasteiger partial charge is 0.244 e. The molecule has 4 aromatic rings. The number of pyridine rings is 1. The van der Waals surface area contributed by atoms with Gasteiger partial charge in [0.05, 0.1) is 17.9 Å². The molecule has 0 aliphatic rings. The molecule has 0 aliphatic heterocycles. The summed E-state index contributed by atoms with van der Waals surface area (Å²) >= 11 is 0. The van der Waals surface area contributed by atoms with Crippen LogP contribution in [0.1, 0.15) is 22.9 Å². The van der Waals surface area contributed by atoms with E-state index >= 15 is 0 Å². The number of nitrogens with one attached hydrogen (secondary N) is 2. The molecule has 0 saturated heterocycles. The van der Waals surface area contributed by atoms with Gasteiger partial charge in [0, 0.05) is 41.1 Å². The van der Waals surface area contributed by atoms with Crippen molar-refractivity contribution in [2.75, 3.05) is 0 Å². The first kappa shape index (κ1) is 21.1. The van der Waals surface area contributed by atoms with Crippen LogP contribution < -0.4 is 5.32 Å². The van der Waals surface area contributed by atoms with Gasteiger partial charge in [0.2, 0.25) is 5.91 Å². The lowest BCUT2D eigenvalue weighted by Crippen LogP contribution is -2.29. The maximum Gasteiger partial charge on any atom is 0.244 e. The van der Waals surface area contributed by atoms with Gasteiger partial charge in [0.15, 0.2) is 0 Å². The number of H-pyrrole nitrogens is 1. The molecule has 1 unspecified atom stereocenters. The predicted octanol–water partition coefficient (Wildman–Crippen LogP) is 4.86. The van der Waals surface area contributed by atoms with E-state index in [-0.39, 0.29) is 12.0 Å². The fourth-order valence-electron chi connectivity index (χ4n) is 3.39. The summed E-state index contributed by atoms with van der Waals surface area (Å²) in [5, 5.41) is 9.75. The van der Waals surface area contributed by atoms with Crippen LogP contribution in [-0.4, -0.2) is 21.1 Å². The van der Waals surface area contributed by atoms with E-state index in [0.29, 0.717) is 5.69 Å². The van der Waals surface area contributed by atoms with E-state index in [0.717, 1.165) is 35.0 Å². The second-order valence-corrected chi connectivity index (χ2v) is 7.15. The van der Waals surface area contributed by atoms with Gasteiger partial charge in [0.1, 0.15) is 11.6 Å². The van der Waals surface area contributed by atoms with Gasteiger partial charge < -0.3 is 5.32 Å². The molecule has 0 spiro atoms. The largest absolute Gasteiger partial charge is 0.345 e. The first-order valence-corrected chi connectivity index (χ1v) is 10.0. The highest BCUT2D eigenvalue weighted by Gasteiger charge is 2.19. The fourth-order valence-corrected chi connectivity index (χ4v) is 3.39. The van der Waals surface area contributed by atoms with Crippen molar-refractivity contribution in [3.63, 3.8) is 0 Å². The van der Waals surface area contributed by atoms with Crippen molar-refractivity contribution in [3.05, 3.63) is 114 Å². The third-order valence-electron chi connectivity index (χ3n) is 4.93. The van der Waals surface area contributed by atoms with Crippen molar-refractivity contribution in [2.24, 2.45) is 0 Å². The Hall–Kier alpha value is -4.13. The van der Waals surface area contributed by atoms with E-state index in [1.165, 1.54) is 6.08 Å². The molecule has 32 heavy (non-hydrogen) atoms. The molecule has 0 bridgehead atoms. The Bertz CT molecular complexity index is 1220. The van der Waals surface area contributed by atoms with Gasteiger partial charge in [-0.2, -0.15) is 5.10 Å². The summed E-state index contributed by atoms with van der Waals surface area (Å²) in [5.74, 6) is -1.63. The lowest BCUT2D eigenvalue weighted by atomic mass is 10.0. The van der Waals surface area contributed by atoms with E-state index in [9.17, 15) is 13.6 Å². The third-order valence-corrected chi connectivity index (χ3v) is 4.93. The maximum atomic E-state index is 14.5. The highest BCUT2D eigenvalue weighted by atomic mass is 19.1. The molecule has 2 aromatic heterocycles. The van der Waals surface area contributed by atoms with Crippen molar-refractivity contribution >= 4 is 12.0 Å². The Labute approximate surface area is 183 Å². The first-order valence-electron chi connectivity index (χ1n) is 10.0. The van der Waals surface area contributed by atoms with Crippen molar-refractivity contribution in [1.82, 2.24) is 20.5 Å².